The van der Waals surface area contributed by atoms with Gasteiger partial charge < -0.3 is 4.74 Å². The number of benzene rings is 3. The molecule has 1 aliphatic rings. The molecular formula is C28H28O. The first kappa shape index (κ1) is 19.3. The minimum Gasteiger partial charge on any atom is -0.497 e. The number of fused-ring (bicyclic) bond motifs is 1. The lowest BCUT2D eigenvalue weighted by Crippen LogP contribution is -2.05. The van der Waals surface area contributed by atoms with Crippen molar-refractivity contribution in [1.82, 2.24) is 0 Å². The van der Waals surface area contributed by atoms with Crippen LogP contribution < -0.4 is 4.74 Å². The van der Waals surface area contributed by atoms with Gasteiger partial charge in [-0.1, -0.05) is 92.7 Å². The van der Waals surface area contributed by atoms with Gasteiger partial charge in [-0.15, -0.1) is 0 Å². The maximum absolute atomic E-state index is 5.51. The molecule has 4 rings (SSSR count). The van der Waals surface area contributed by atoms with Gasteiger partial charge in [-0.05, 0) is 52.0 Å². The zero-order valence-electron chi connectivity index (χ0n) is 17.4. The van der Waals surface area contributed by atoms with Crippen molar-refractivity contribution in [3.8, 4) is 5.75 Å². The lowest BCUT2D eigenvalue weighted by atomic mass is 9.82. The summed E-state index contributed by atoms with van der Waals surface area (Å²) in [6, 6.07) is 28.0. The van der Waals surface area contributed by atoms with E-state index in [0.29, 0.717) is 5.92 Å². The van der Waals surface area contributed by atoms with Crippen LogP contribution in [0.25, 0.3) is 11.6 Å². The number of rotatable bonds is 6. The van der Waals surface area contributed by atoms with E-state index in [-0.39, 0.29) is 5.92 Å². The van der Waals surface area contributed by atoms with Gasteiger partial charge in [-0.25, -0.2) is 0 Å². The topological polar surface area (TPSA) is 9.23 Å². The Morgan fingerprint density at radius 1 is 0.931 bits per heavy atom. The Hall–Kier alpha value is -3.06. The second-order valence-corrected chi connectivity index (χ2v) is 7.62. The first-order valence-electron chi connectivity index (χ1n) is 10.4. The van der Waals surface area contributed by atoms with Crippen LogP contribution in [0.2, 0.25) is 0 Å². The van der Waals surface area contributed by atoms with Crippen molar-refractivity contribution in [3.63, 3.8) is 0 Å². The maximum atomic E-state index is 5.51. The smallest absolute Gasteiger partial charge is 0.119 e. The summed E-state index contributed by atoms with van der Waals surface area (Å²) in [5, 5.41) is 0. The molecule has 29 heavy (non-hydrogen) atoms. The minimum atomic E-state index is 0.250. The number of hydrogen-bond acceptors (Lipinski definition) is 1. The molecular weight excluding hydrogens is 352 g/mol. The minimum absolute atomic E-state index is 0.250. The van der Waals surface area contributed by atoms with E-state index in [1.54, 1.807) is 7.11 Å². The third-order valence-electron chi connectivity index (χ3n) is 5.99. The van der Waals surface area contributed by atoms with Gasteiger partial charge in [0.2, 0.25) is 0 Å². The molecule has 3 aromatic carbocycles. The highest BCUT2D eigenvalue weighted by molar-refractivity contribution is 5.81. The second kappa shape index (κ2) is 8.53. The third-order valence-corrected chi connectivity index (χ3v) is 5.99. The Morgan fingerprint density at radius 2 is 1.62 bits per heavy atom. The molecule has 2 atom stereocenters. The lowest BCUT2D eigenvalue weighted by molar-refractivity contribution is 0.414. The van der Waals surface area contributed by atoms with Gasteiger partial charge in [-0.2, -0.15) is 0 Å². The Morgan fingerprint density at radius 3 is 2.28 bits per heavy atom. The summed E-state index contributed by atoms with van der Waals surface area (Å²) in [6.45, 7) is 4.60. The average Bonchev–Trinajstić information content (AvgIpc) is 3.06. The summed E-state index contributed by atoms with van der Waals surface area (Å²) in [4.78, 5) is 0. The van der Waals surface area contributed by atoms with Gasteiger partial charge in [0, 0.05) is 11.8 Å². The van der Waals surface area contributed by atoms with Crippen LogP contribution in [0.5, 0.6) is 5.75 Å². The number of ether oxygens (including phenoxy) is 1. The molecule has 0 spiro atoms. The highest BCUT2D eigenvalue weighted by atomic mass is 16.5. The monoisotopic (exact) mass is 380 g/mol. The fourth-order valence-electron chi connectivity index (χ4n) is 4.56. The van der Waals surface area contributed by atoms with Crippen molar-refractivity contribution in [2.24, 2.45) is 0 Å². The Balaban J connectivity index is 1.82. The number of hydrogen-bond donors (Lipinski definition) is 0. The van der Waals surface area contributed by atoms with Crippen molar-refractivity contribution in [2.75, 3.05) is 7.11 Å². The van der Waals surface area contributed by atoms with Crippen LogP contribution in [0, 0.1) is 0 Å². The van der Waals surface area contributed by atoms with E-state index in [9.17, 15) is 0 Å². The van der Waals surface area contributed by atoms with Crippen molar-refractivity contribution in [1.29, 1.82) is 0 Å². The molecule has 0 aliphatic heterocycles. The van der Waals surface area contributed by atoms with Crippen molar-refractivity contribution in [2.45, 2.75) is 32.1 Å². The molecule has 0 aromatic heterocycles. The number of methoxy groups -OCH3 is 1. The average molecular weight is 381 g/mol. The van der Waals surface area contributed by atoms with Crippen molar-refractivity contribution < 1.29 is 4.74 Å². The molecule has 1 aliphatic carbocycles. The molecule has 2 unspecified atom stereocenters. The molecule has 0 saturated carbocycles. The summed E-state index contributed by atoms with van der Waals surface area (Å²) in [7, 11) is 1.74. The van der Waals surface area contributed by atoms with E-state index in [0.717, 1.165) is 12.2 Å². The third kappa shape index (κ3) is 3.78. The molecule has 0 amide bonds. The van der Waals surface area contributed by atoms with Crippen molar-refractivity contribution >= 4 is 11.6 Å². The largest absolute Gasteiger partial charge is 0.497 e. The molecule has 146 valence electrons. The van der Waals surface area contributed by atoms with Crippen LogP contribution >= 0.6 is 0 Å². The molecule has 0 radical (unpaired) electrons. The first-order chi connectivity index (χ1) is 14.2. The van der Waals surface area contributed by atoms with Gasteiger partial charge in [0.1, 0.15) is 5.75 Å². The van der Waals surface area contributed by atoms with Crippen LogP contribution in [0.15, 0.2) is 90.5 Å². The van der Waals surface area contributed by atoms with Gasteiger partial charge in [-0.3, -0.25) is 0 Å². The quantitative estimate of drug-likeness (QED) is 0.431. The van der Waals surface area contributed by atoms with Gasteiger partial charge >= 0.3 is 0 Å². The van der Waals surface area contributed by atoms with E-state index in [2.05, 4.69) is 105 Å². The van der Waals surface area contributed by atoms with Crippen LogP contribution in [0.1, 0.15) is 54.4 Å². The zero-order chi connectivity index (χ0) is 20.2. The van der Waals surface area contributed by atoms with Gasteiger partial charge in [0.25, 0.3) is 0 Å². The fraction of sp³-hybridized carbons (Fsp3) is 0.214. The summed E-state index contributed by atoms with van der Waals surface area (Å²) >= 11 is 0. The Bertz CT molecular complexity index is 1030. The summed E-state index contributed by atoms with van der Waals surface area (Å²) < 4.78 is 5.51. The van der Waals surface area contributed by atoms with Crippen LogP contribution in [-0.2, 0) is 0 Å². The van der Waals surface area contributed by atoms with E-state index in [1.807, 2.05) is 0 Å². The summed E-state index contributed by atoms with van der Waals surface area (Å²) in [5.41, 5.74) is 8.31. The highest BCUT2D eigenvalue weighted by Crippen LogP contribution is 2.50. The summed E-state index contributed by atoms with van der Waals surface area (Å²) in [6.07, 6.45) is 5.66. The predicted molar refractivity (Wildman–Crippen MR) is 123 cm³/mol. The Kier molecular flexibility index (Phi) is 5.67. The molecule has 0 bridgehead atoms. The van der Waals surface area contributed by atoms with Crippen LogP contribution in [0.4, 0.5) is 0 Å². The normalized spacial score (nSPS) is 16.9. The van der Waals surface area contributed by atoms with Crippen LogP contribution in [0.3, 0.4) is 0 Å². The van der Waals surface area contributed by atoms with Crippen LogP contribution in [-0.4, -0.2) is 7.11 Å². The molecule has 3 aromatic rings. The lowest BCUT2D eigenvalue weighted by Gasteiger charge is -2.22. The first-order valence-corrected chi connectivity index (χ1v) is 10.4. The van der Waals surface area contributed by atoms with E-state index in [1.165, 1.54) is 33.4 Å². The molecule has 0 heterocycles. The van der Waals surface area contributed by atoms with Gasteiger partial charge in [0.05, 0.1) is 7.11 Å². The highest BCUT2D eigenvalue weighted by Gasteiger charge is 2.32. The van der Waals surface area contributed by atoms with Crippen molar-refractivity contribution in [3.05, 3.63) is 113 Å². The van der Waals surface area contributed by atoms with Gasteiger partial charge in [0.15, 0.2) is 0 Å². The fourth-order valence-corrected chi connectivity index (χ4v) is 4.56. The molecule has 0 fully saturated rings. The van der Waals surface area contributed by atoms with E-state index < -0.39 is 0 Å². The predicted octanol–water partition coefficient (Wildman–Crippen LogP) is 7.47. The molecule has 1 heteroatoms. The number of allylic oxidation sites excluding steroid dienone is 3. The van der Waals surface area contributed by atoms with E-state index >= 15 is 0 Å². The molecule has 0 N–H and O–H groups in total. The molecule has 0 saturated heterocycles. The Labute approximate surface area is 174 Å². The molecule has 1 nitrogen and oxygen atoms in total. The second-order valence-electron chi connectivity index (χ2n) is 7.62. The maximum Gasteiger partial charge on any atom is 0.119 e. The standard InChI is InChI=1S/C28H28O/c1-4-24-26-18-16-23(29-3)19-27(26)20(2)28(24)25(22-13-9-6-10-14-22)17-15-21-11-7-5-8-12-21/h5-20,25H,4H2,1-3H3/b17-15+. The summed E-state index contributed by atoms with van der Waals surface area (Å²) in [5.74, 6) is 1.55. The SMILES string of the molecule is CCC1=C(C(/C=C/c2ccccc2)c2ccccc2)C(C)c2cc(OC)ccc21. The van der Waals surface area contributed by atoms with E-state index in [4.69, 9.17) is 4.74 Å². The zero-order valence-corrected chi connectivity index (χ0v) is 17.4.